The van der Waals surface area contributed by atoms with Crippen molar-refractivity contribution >= 4 is 23.4 Å². The SMILES string of the molecule is N#Cc1c[nH]c(-c2nc(CSc3ccc(Cl)cc3)no2)c1. The van der Waals surface area contributed by atoms with E-state index in [0.717, 1.165) is 4.90 Å². The Bertz CT molecular complexity index is 788. The number of H-pyrrole nitrogens is 1. The second-order valence-corrected chi connectivity index (χ2v) is 5.66. The summed E-state index contributed by atoms with van der Waals surface area (Å²) in [6.45, 7) is 0. The second kappa shape index (κ2) is 6.04. The zero-order valence-electron chi connectivity index (χ0n) is 10.7. The van der Waals surface area contributed by atoms with Crippen molar-refractivity contribution in [2.24, 2.45) is 0 Å². The van der Waals surface area contributed by atoms with Gasteiger partial charge in [-0.1, -0.05) is 16.8 Å². The molecule has 0 spiro atoms. The summed E-state index contributed by atoms with van der Waals surface area (Å²) in [5.41, 5.74) is 1.17. The van der Waals surface area contributed by atoms with Crippen molar-refractivity contribution < 1.29 is 4.52 Å². The van der Waals surface area contributed by atoms with Crippen LogP contribution in [0.2, 0.25) is 5.02 Å². The van der Waals surface area contributed by atoms with Crippen LogP contribution in [0.25, 0.3) is 11.6 Å². The minimum Gasteiger partial charge on any atom is -0.356 e. The summed E-state index contributed by atoms with van der Waals surface area (Å²) in [5.74, 6) is 1.57. The number of aromatic nitrogens is 3. The molecule has 7 heteroatoms. The van der Waals surface area contributed by atoms with E-state index >= 15 is 0 Å². The Hall–Kier alpha value is -2.23. The van der Waals surface area contributed by atoms with E-state index in [0.29, 0.717) is 33.7 Å². The van der Waals surface area contributed by atoms with Gasteiger partial charge < -0.3 is 9.51 Å². The number of aromatic amines is 1. The maximum atomic E-state index is 8.78. The molecule has 0 saturated heterocycles. The van der Waals surface area contributed by atoms with Crippen molar-refractivity contribution in [3.63, 3.8) is 0 Å². The molecule has 104 valence electrons. The Morgan fingerprint density at radius 1 is 1.33 bits per heavy atom. The summed E-state index contributed by atoms with van der Waals surface area (Å²) in [4.78, 5) is 8.30. The molecule has 0 aliphatic rings. The molecule has 0 aliphatic heterocycles. The molecule has 3 rings (SSSR count). The molecule has 21 heavy (non-hydrogen) atoms. The first-order valence-corrected chi connectivity index (χ1v) is 7.41. The van der Waals surface area contributed by atoms with Crippen LogP contribution in [0.15, 0.2) is 45.9 Å². The van der Waals surface area contributed by atoms with Gasteiger partial charge in [0.15, 0.2) is 5.82 Å². The number of rotatable bonds is 4. The van der Waals surface area contributed by atoms with Crippen molar-refractivity contribution in [2.45, 2.75) is 10.6 Å². The van der Waals surface area contributed by atoms with Crippen LogP contribution in [-0.4, -0.2) is 15.1 Å². The number of hydrogen-bond acceptors (Lipinski definition) is 5. The van der Waals surface area contributed by atoms with Gasteiger partial charge in [-0.15, -0.1) is 11.8 Å². The molecule has 0 unspecified atom stereocenters. The van der Waals surface area contributed by atoms with E-state index in [1.54, 1.807) is 24.0 Å². The first-order valence-electron chi connectivity index (χ1n) is 6.04. The molecule has 0 amide bonds. The maximum Gasteiger partial charge on any atom is 0.274 e. The zero-order chi connectivity index (χ0) is 14.7. The van der Waals surface area contributed by atoms with Crippen LogP contribution in [0.4, 0.5) is 0 Å². The Balaban J connectivity index is 1.68. The van der Waals surface area contributed by atoms with Gasteiger partial charge in [-0.2, -0.15) is 10.2 Å². The Morgan fingerprint density at radius 3 is 2.86 bits per heavy atom. The third kappa shape index (κ3) is 3.27. The summed E-state index contributed by atoms with van der Waals surface area (Å²) >= 11 is 7.43. The molecule has 0 atom stereocenters. The predicted molar refractivity (Wildman–Crippen MR) is 79.8 cm³/mol. The highest BCUT2D eigenvalue weighted by Gasteiger charge is 2.11. The molecule has 1 N–H and O–H groups in total. The number of halogens is 1. The van der Waals surface area contributed by atoms with Crippen molar-refractivity contribution in [1.82, 2.24) is 15.1 Å². The van der Waals surface area contributed by atoms with Crippen molar-refractivity contribution in [2.75, 3.05) is 0 Å². The Kier molecular flexibility index (Phi) is 3.95. The quantitative estimate of drug-likeness (QED) is 0.739. The standard InChI is InChI=1S/C14H9ClN4OS/c15-10-1-3-11(4-2-10)21-8-13-18-14(20-19-13)12-5-9(6-16)7-17-12/h1-5,7,17H,8H2. The first kappa shape index (κ1) is 13.7. The molecule has 0 saturated carbocycles. The van der Waals surface area contributed by atoms with E-state index in [-0.39, 0.29) is 0 Å². The van der Waals surface area contributed by atoms with E-state index in [2.05, 4.69) is 15.1 Å². The van der Waals surface area contributed by atoms with Crippen molar-refractivity contribution in [3.05, 3.63) is 52.9 Å². The molecule has 2 aromatic heterocycles. The molecule has 0 fully saturated rings. The highest BCUT2D eigenvalue weighted by Crippen LogP contribution is 2.24. The summed E-state index contributed by atoms with van der Waals surface area (Å²) in [6.07, 6.45) is 1.60. The topological polar surface area (TPSA) is 78.5 Å². The zero-order valence-corrected chi connectivity index (χ0v) is 12.3. The molecule has 5 nitrogen and oxygen atoms in total. The third-order valence-electron chi connectivity index (χ3n) is 2.69. The summed E-state index contributed by atoms with van der Waals surface area (Å²) in [6, 6.07) is 11.3. The third-order valence-corrected chi connectivity index (χ3v) is 3.95. The molecule has 2 heterocycles. The van der Waals surface area contributed by atoms with Gasteiger partial charge in [-0.3, -0.25) is 0 Å². The summed E-state index contributed by atoms with van der Waals surface area (Å²) in [7, 11) is 0. The van der Waals surface area contributed by atoms with Gasteiger partial charge in [0.25, 0.3) is 5.89 Å². The van der Waals surface area contributed by atoms with Gasteiger partial charge in [0, 0.05) is 16.1 Å². The molecule has 0 bridgehead atoms. The van der Waals surface area contributed by atoms with Crippen LogP contribution >= 0.6 is 23.4 Å². The average molecular weight is 317 g/mol. The fourth-order valence-corrected chi connectivity index (χ4v) is 2.55. The molecular weight excluding hydrogens is 308 g/mol. The summed E-state index contributed by atoms with van der Waals surface area (Å²) < 4.78 is 5.18. The van der Waals surface area contributed by atoms with E-state index < -0.39 is 0 Å². The van der Waals surface area contributed by atoms with Crippen LogP contribution in [-0.2, 0) is 5.75 Å². The van der Waals surface area contributed by atoms with Crippen LogP contribution in [0.5, 0.6) is 0 Å². The van der Waals surface area contributed by atoms with Gasteiger partial charge in [0.05, 0.1) is 11.3 Å². The lowest BCUT2D eigenvalue weighted by atomic mass is 10.3. The van der Waals surface area contributed by atoms with Crippen LogP contribution < -0.4 is 0 Å². The van der Waals surface area contributed by atoms with Crippen molar-refractivity contribution in [3.8, 4) is 17.7 Å². The van der Waals surface area contributed by atoms with Gasteiger partial charge in [0.2, 0.25) is 0 Å². The number of nitriles is 1. The lowest BCUT2D eigenvalue weighted by Gasteiger charge is -1.97. The van der Waals surface area contributed by atoms with E-state index in [1.807, 2.05) is 30.3 Å². The number of nitrogens with zero attached hydrogens (tertiary/aromatic N) is 3. The fraction of sp³-hybridized carbons (Fsp3) is 0.0714. The lowest BCUT2D eigenvalue weighted by Crippen LogP contribution is -1.84. The first-order chi connectivity index (χ1) is 10.2. The number of benzene rings is 1. The number of hydrogen-bond donors (Lipinski definition) is 1. The normalized spacial score (nSPS) is 10.5. The number of nitrogens with one attached hydrogen (secondary N) is 1. The van der Waals surface area contributed by atoms with E-state index in [9.17, 15) is 0 Å². The largest absolute Gasteiger partial charge is 0.356 e. The second-order valence-electron chi connectivity index (χ2n) is 4.17. The maximum absolute atomic E-state index is 8.78. The van der Waals surface area contributed by atoms with Gasteiger partial charge in [0.1, 0.15) is 11.8 Å². The van der Waals surface area contributed by atoms with E-state index in [4.69, 9.17) is 21.4 Å². The molecule has 3 aromatic rings. The highest BCUT2D eigenvalue weighted by molar-refractivity contribution is 7.98. The smallest absolute Gasteiger partial charge is 0.274 e. The molecular formula is C14H9ClN4OS. The number of thioether (sulfide) groups is 1. The van der Waals surface area contributed by atoms with Crippen LogP contribution in [0, 0.1) is 11.3 Å². The van der Waals surface area contributed by atoms with Gasteiger partial charge in [-0.25, -0.2) is 0 Å². The van der Waals surface area contributed by atoms with Crippen LogP contribution in [0.1, 0.15) is 11.4 Å². The minimum absolute atomic E-state index is 0.378. The molecule has 0 radical (unpaired) electrons. The Labute approximate surface area is 129 Å². The summed E-state index contributed by atoms with van der Waals surface area (Å²) in [5, 5.41) is 13.4. The Morgan fingerprint density at radius 2 is 2.14 bits per heavy atom. The molecule has 0 aliphatic carbocycles. The van der Waals surface area contributed by atoms with E-state index in [1.165, 1.54) is 0 Å². The average Bonchev–Trinajstić information content (AvgIpc) is 3.15. The fourth-order valence-electron chi connectivity index (χ4n) is 1.68. The lowest BCUT2D eigenvalue weighted by molar-refractivity contribution is 0.424. The van der Waals surface area contributed by atoms with Gasteiger partial charge in [-0.05, 0) is 30.3 Å². The van der Waals surface area contributed by atoms with Crippen LogP contribution in [0.3, 0.4) is 0 Å². The van der Waals surface area contributed by atoms with Gasteiger partial charge >= 0.3 is 0 Å². The molecule has 1 aromatic carbocycles. The monoisotopic (exact) mass is 316 g/mol. The predicted octanol–water partition coefficient (Wildman–Crippen LogP) is 3.88. The minimum atomic E-state index is 0.378. The highest BCUT2D eigenvalue weighted by atomic mass is 35.5. The van der Waals surface area contributed by atoms with Crippen molar-refractivity contribution in [1.29, 1.82) is 5.26 Å².